The molecule has 0 fully saturated rings. The van der Waals surface area contributed by atoms with E-state index in [9.17, 15) is 4.79 Å². The number of carbonyl (C=O) groups excluding carboxylic acids is 1. The molecule has 0 aliphatic heterocycles. The van der Waals surface area contributed by atoms with E-state index in [4.69, 9.17) is 15.2 Å². The van der Waals surface area contributed by atoms with Crippen molar-refractivity contribution in [3.05, 3.63) is 59.2 Å². The van der Waals surface area contributed by atoms with Gasteiger partial charge < -0.3 is 15.2 Å². The number of hydrazone groups is 1. The third kappa shape index (κ3) is 5.31. The molecule has 3 N–H and O–H groups in total. The summed E-state index contributed by atoms with van der Waals surface area (Å²) in [4.78, 5) is 10.6. The van der Waals surface area contributed by atoms with Crippen LogP contribution < -0.4 is 20.6 Å². The summed E-state index contributed by atoms with van der Waals surface area (Å²) in [5.74, 6) is 1.27. The van der Waals surface area contributed by atoms with Gasteiger partial charge in [-0.2, -0.15) is 5.10 Å². The number of benzene rings is 2. The lowest BCUT2D eigenvalue weighted by Crippen LogP contribution is -2.24. The molecular weight excluding hydrogens is 306 g/mol. The SMILES string of the molecule is CCOc1cc(C=NNC(N)=O)ccc1OCc1cccc(C)c1. The average Bonchev–Trinajstić information content (AvgIpc) is 2.54. The summed E-state index contributed by atoms with van der Waals surface area (Å²) in [7, 11) is 0. The van der Waals surface area contributed by atoms with E-state index in [0.29, 0.717) is 24.7 Å². The normalized spacial score (nSPS) is 10.6. The molecule has 126 valence electrons. The van der Waals surface area contributed by atoms with Crippen molar-refractivity contribution >= 4 is 12.2 Å². The quantitative estimate of drug-likeness (QED) is 0.605. The molecule has 0 spiro atoms. The zero-order valence-electron chi connectivity index (χ0n) is 13.8. The number of hydrogen-bond donors (Lipinski definition) is 2. The van der Waals surface area contributed by atoms with E-state index in [1.54, 1.807) is 6.07 Å². The first-order chi connectivity index (χ1) is 11.6. The number of nitrogens with zero attached hydrogens (tertiary/aromatic N) is 1. The molecule has 0 saturated heterocycles. The van der Waals surface area contributed by atoms with Crippen molar-refractivity contribution in [1.29, 1.82) is 0 Å². The maximum Gasteiger partial charge on any atom is 0.332 e. The molecule has 0 radical (unpaired) electrons. The number of carbonyl (C=O) groups is 1. The van der Waals surface area contributed by atoms with Gasteiger partial charge in [0.25, 0.3) is 0 Å². The van der Waals surface area contributed by atoms with Crippen molar-refractivity contribution < 1.29 is 14.3 Å². The number of ether oxygens (including phenoxy) is 2. The Morgan fingerprint density at radius 2 is 2.04 bits per heavy atom. The smallest absolute Gasteiger partial charge is 0.332 e. The second kappa shape index (κ2) is 8.57. The van der Waals surface area contributed by atoms with Crippen LogP contribution in [0.1, 0.15) is 23.6 Å². The number of nitrogens with two attached hydrogens (primary N) is 1. The zero-order chi connectivity index (χ0) is 17.4. The van der Waals surface area contributed by atoms with Crippen molar-refractivity contribution in [3.63, 3.8) is 0 Å². The third-order valence-electron chi connectivity index (χ3n) is 3.13. The van der Waals surface area contributed by atoms with Crippen molar-refractivity contribution in [2.45, 2.75) is 20.5 Å². The summed E-state index contributed by atoms with van der Waals surface area (Å²) >= 11 is 0. The zero-order valence-corrected chi connectivity index (χ0v) is 13.8. The number of aryl methyl sites for hydroxylation is 1. The number of primary amides is 1. The van der Waals surface area contributed by atoms with Gasteiger partial charge in [0, 0.05) is 0 Å². The second-order valence-corrected chi connectivity index (χ2v) is 5.15. The van der Waals surface area contributed by atoms with Crippen molar-refractivity contribution in [2.24, 2.45) is 10.8 Å². The Labute approximate surface area is 141 Å². The monoisotopic (exact) mass is 327 g/mol. The molecule has 0 atom stereocenters. The van der Waals surface area contributed by atoms with Crippen LogP contribution in [0.3, 0.4) is 0 Å². The first-order valence-electron chi connectivity index (χ1n) is 7.62. The molecule has 2 aromatic rings. The molecule has 0 aliphatic rings. The van der Waals surface area contributed by atoms with Crippen LogP contribution in [0, 0.1) is 6.92 Å². The highest BCUT2D eigenvalue weighted by atomic mass is 16.5. The highest BCUT2D eigenvalue weighted by molar-refractivity contribution is 5.82. The molecular formula is C18H21N3O3. The minimum atomic E-state index is -0.714. The van der Waals surface area contributed by atoms with Crippen molar-refractivity contribution in [3.8, 4) is 11.5 Å². The van der Waals surface area contributed by atoms with Gasteiger partial charge in [0.1, 0.15) is 6.61 Å². The molecule has 2 aromatic carbocycles. The summed E-state index contributed by atoms with van der Waals surface area (Å²) in [6, 6.07) is 12.9. The number of nitrogens with one attached hydrogen (secondary N) is 1. The molecule has 0 saturated carbocycles. The van der Waals surface area contributed by atoms with Gasteiger partial charge in [-0.3, -0.25) is 0 Å². The van der Waals surface area contributed by atoms with Gasteiger partial charge in [-0.15, -0.1) is 0 Å². The lowest BCUT2D eigenvalue weighted by Gasteiger charge is -2.13. The van der Waals surface area contributed by atoms with Gasteiger partial charge in [0.05, 0.1) is 12.8 Å². The highest BCUT2D eigenvalue weighted by Gasteiger charge is 2.06. The van der Waals surface area contributed by atoms with Gasteiger partial charge in [-0.1, -0.05) is 29.8 Å². The lowest BCUT2D eigenvalue weighted by molar-refractivity contribution is 0.249. The minimum Gasteiger partial charge on any atom is -0.490 e. The standard InChI is InChI=1S/C18H21N3O3/c1-3-23-17-10-14(11-20-21-18(19)22)7-8-16(17)24-12-15-6-4-5-13(2)9-15/h4-11H,3,12H2,1-2H3,(H3,19,21,22). The molecule has 24 heavy (non-hydrogen) atoms. The second-order valence-electron chi connectivity index (χ2n) is 5.15. The van der Waals surface area contributed by atoms with Crippen molar-refractivity contribution in [1.82, 2.24) is 5.43 Å². The van der Waals surface area contributed by atoms with Crippen LogP contribution in [0.5, 0.6) is 11.5 Å². The van der Waals surface area contributed by atoms with Crippen LogP contribution in [0.2, 0.25) is 0 Å². The van der Waals surface area contributed by atoms with E-state index in [0.717, 1.165) is 11.1 Å². The van der Waals surface area contributed by atoms with E-state index in [-0.39, 0.29) is 0 Å². The fraction of sp³-hybridized carbons (Fsp3) is 0.222. The Kier molecular flexibility index (Phi) is 6.19. The molecule has 6 nitrogen and oxygen atoms in total. The van der Waals surface area contributed by atoms with Crippen LogP contribution >= 0.6 is 0 Å². The van der Waals surface area contributed by atoms with Crippen LogP contribution in [0.4, 0.5) is 4.79 Å². The topological polar surface area (TPSA) is 85.9 Å². The van der Waals surface area contributed by atoms with Gasteiger partial charge in [0.2, 0.25) is 0 Å². The van der Waals surface area contributed by atoms with Crippen LogP contribution in [-0.4, -0.2) is 18.9 Å². The molecule has 2 amide bonds. The largest absolute Gasteiger partial charge is 0.490 e. The fourth-order valence-electron chi connectivity index (χ4n) is 2.13. The summed E-state index contributed by atoms with van der Waals surface area (Å²) in [6.07, 6.45) is 1.48. The first-order valence-corrected chi connectivity index (χ1v) is 7.62. The van der Waals surface area contributed by atoms with Crippen molar-refractivity contribution in [2.75, 3.05) is 6.61 Å². The van der Waals surface area contributed by atoms with E-state index in [1.165, 1.54) is 11.8 Å². The van der Waals surface area contributed by atoms with Gasteiger partial charge in [-0.05, 0) is 43.2 Å². The summed E-state index contributed by atoms with van der Waals surface area (Å²) in [5, 5.41) is 3.73. The Bertz CT molecular complexity index is 729. The number of hydrogen-bond acceptors (Lipinski definition) is 4. The molecule has 0 heterocycles. The molecule has 6 heteroatoms. The lowest BCUT2D eigenvalue weighted by atomic mass is 10.1. The molecule has 0 unspecified atom stereocenters. The fourth-order valence-corrected chi connectivity index (χ4v) is 2.13. The third-order valence-corrected chi connectivity index (χ3v) is 3.13. The predicted octanol–water partition coefficient (Wildman–Crippen LogP) is 2.97. The summed E-state index contributed by atoms with van der Waals surface area (Å²) < 4.78 is 11.5. The molecule has 0 aliphatic carbocycles. The predicted molar refractivity (Wildman–Crippen MR) is 93.4 cm³/mol. The Hall–Kier alpha value is -3.02. The maximum absolute atomic E-state index is 10.6. The Balaban J connectivity index is 2.10. The number of rotatable bonds is 7. The Morgan fingerprint density at radius 3 is 2.75 bits per heavy atom. The molecule has 0 aromatic heterocycles. The van der Waals surface area contributed by atoms with E-state index in [1.807, 2.05) is 44.2 Å². The van der Waals surface area contributed by atoms with Crippen LogP contribution in [0.25, 0.3) is 0 Å². The van der Waals surface area contributed by atoms with Crippen LogP contribution in [-0.2, 0) is 6.61 Å². The minimum absolute atomic E-state index is 0.457. The molecule has 2 rings (SSSR count). The summed E-state index contributed by atoms with van der Waals surface area (Å²) in [5.41, 5.74) is 10.1. The Morgan fingerprint density at radius 1 is 1.21 bits per heavy atom. The van der Waals surface area contributed by atoms with E-state index >= 15 is 0 Å². The summed E-state index contributed by atoms with van der Waals surface area (Å²) in [6.45, 7) is 4.92. The van der Waals surface area contributed by atoms with Gasteiger partial charge in [0.15, 0.2) is 11.5 Å². The van der Waals surface area contributed by atoms with Gasteiger partial charge >= 0.3 is 6.03 Å². The van der Waals surface area contributed by atoms with E-state index < -0.39 is 6.03 Å². The van der Waals surface area contributed by atoms with E-state index in [2.05, 4.69) is 16.6 Å². The average molecular weight is 327 g/mol. The molecule has 0 bridgehead atoms. The van der Waals surface area contributed by atoms with Crippen LogP contribution in [0.15, 0.2) is 47.6 Å². The number of urea groups is 1. The maximum atomic E-state index is 10.6. The van der Waals surface area contributed by atoms with Gasteiger partial charge in [-0.25, -0.2) is 10.2 Å². The first kappa shape index (κ1) is 17.3. The number of amides is 2. The highest BCUT2D eigenvalue weighted by Crippen LogP contribution is 2.29.